The summed E-state index contributed by atoms with van der Waals surface area (Å²) >= 11 is 9.72. The van der Waals surface area contributed by atoms with Gasteiger partial charge in [0.1, 0.15) is 0 Å². The van der Waals surface area contributed by atoms with Gasteiger partial charge in [-0.15, -0.1) is 0 Å². The maximum absolute atomic E-state index is 6.17. The van der Waals surface area contributed by atoms with Gasteiger partial charge in [0.05, 0.1) is 0 Å². The Bertz CT molecular complexity index is 572. The predicted molar refractivity (Wildman–Crippen MR) is 85.2 cm³/mol. The summed E-state index contributed by atoms with van der Waals surface area (Å²) in [6.07, 6.45) is 0. The van der Waals surface area contributed by atoms with Crippen molar-refractivity contribution in [3.8, 4) is 0 Å². The quantitative estimate of drug-likeness (QED) is 0.841. The highest BCUT2D eigenvalue weighted by Crippen LogP contribution is 2.22. The fourth-order valence-electron chi connectivity index (χ4n) is 1.98. The van der Waals surface area contributed by atoms with Crippen molar-refractivity contribution in [3.05, 3.63) is 63.1 Å². The molecule has 0 radical (unpaired) electrons. The molecule has 0 atom stereocenters. The van der Waals surface area contributed by atoms with E-state index in [1.807, 2.05) is 42.5 Å². The number of hydrogen-bond donors (Lipinski definition) is 1. The molecule has 0 aliphatic heterocycles. The molecular formula is C15H16BrClN2. The smallest absolute Gasteiger partial charge is 0.0451 e. The molecule has 0 aromatic heterocycles. The van der Waals surface area contributed by atoms with E-state index in [1.165, 1.54) is 5.56 Å². The van der Waals surface area contributed by atoms with Crippen LogP contribution in [-0.4, -0.2) is 11.9 Å². The Labute approximate surface area is 127 Å². The summed E-state index contributed by atoms with van der Waals surface area (Å²) in [6, 6.07) is 13.8. The van der Waals surface area contributed by atoms with Gasteiger partial charge >= 0.3 is 0 Å². The van der Waals surface area contributed by atoms with Crippen LogP contribution in [0.25, 0.3) is 0 Å². The molecule has 2 nitrogen and oxygen atoms in total. The van der Waals surface area contributed by atoms with Crippen LogP contribution >= 0.6 is 27.5 Å². The second-order valence-corrected chi connectivity index (χ2v) is 5.88. The van der Waals surface area contributed by atoms with Gasteiger partial charge in [0.25, 0.3) is 0 Å². The summed E-state index contributed by atoms with van der Waals surface area (Å²) in [7, 11) is 2.07. The molecule has 2 aromatic carbocycles. The van der Waals surface area contributed by atoms with E-state index in [4.69, 9.17) is 17.3 Å². The van der Waals surface area contributed by atoms with Crippen molar-refractivity contribution in [2.45, 2.75) is 13.1 Å². The van der Waals surface area contributed by atoms with E-state index in [9.17, 15) is 0 Å². The molecule has 0 bridgehead atoms. The topological polar surface area (TPSA) is 29.3 Å². The molecule has 0 fully saturated rings. The molecule has 2 rings (SSSR count). The van der Waals surface area contributed by atoms with E-state index < -0.39 is 0 Å². The monoisotopic (exact) mass is 338 g/mol. The molecule has 0 saturated carbocycles. The molecular weight excluding hydrogens is 324 g/mol. The second kappa shape index (κ2) is 6.42. The molecule has 0 aliphatic rings. The summed E-state index contributed by atoms with van der Waals surface area (Å²) in [6.45, 7) is 1.62. The number of anilines is 1. The number of nitrogens with two attached hydrogens (primary N) is 1. The Morgan fingerprint density at radius 1 is 1.11 bits per heavy atom. The maximum atomic E-state index is 6.17. The molecule has 2 aromatic rings. The first-order valence-electron chi connectivity index (χ1n) is 6.02. The zero-order valence-corrected chi connectivity index (χ0v) is 13.1. The first-order valence-corrected chi connectivity index (χ1v) is 7.19. The van der Waals surface area contributed by atoms with Crippen LogP contribution in [0.3, 0.4) is 0 Å². The molecule has 0 spiro atoms. The van der Waals surface area contributed by atoms with E-state index in [1.54, 1.807) is 0 Å². The number of hydrogen-bond acceptors (Lipinski definition) is 2. The Morgan fingerprint density at radius 3 is 2.53 bits per heavy atom. The van der Waals surface area contributed by atoms with E-state index in [2.05, 4.69) is 27.9 Å². The van der Waals surface area contributed by atoms with Gasteiger partial charge in [-0.1, -0.05) is 45.7 Å². The fraction of sp³-hybridized carbons (Fsp3) is 0.200. The molecule has 2 N–H and O–H groups in total. The van der Waals surface area contributed by atoms with Gasteiger partial charge in [-0.25, -0.2) is 0 Å². The number of benzene rings is 2. The fourth-order valence-corrected chi connectivity index (χ4v) is 2.55. The average molecular weight is 340 g/mol. The third-order valence-corrected chi connectivity index (χ3v) is 4.05. The maximum Gasteiger partial charge on any atom is 0.0451 e. The first-order chi connectivity index (χ1) is 9.06. The van der Waals surface area contributed by atoms with Crippen LogP contribution in [0.2, 0.25) is 5.02 Å². The second-order valence-electron chi connectivity index (χ2n) is 4.61. The van der Waals surface area contributed by atoms with Crippen molar-refractivity contribution in [1.29, 1.82) is 0 Å². The molecule has 19 heavy (non-hydrogen) atoms. The minimum atomic E-state index is 0.782. The summed E-state index contributed by atoms with van der Waals surface area (Å²) in [5.41, 5.74) is 8.91. The minimum absolute atomic E-state index is 0.782. The van der Waals surface area contributed by atoms with Crippen LogP contribution in [0.15, 0.2) is 46.9 Å². The summed E-state index contributed by atoms with van der Waals surface area (Å²) in [5, 5.41) is 0.806. The van der Waals surface area contributed by atoms with Crippen molar-refractivity contribution >= 4 is 33.2 Å². The summed E-state index contributed by atoms with van der Waals surface area (Å²) < 4.78 is 1.08. The lowest BCUT2D eigenvalue weighted by atomic mass is 10.1. The summed E-state index contributed by atoms with van der Waals surface area (Å²) in [4.78, 5) is 2.21. The highest BCUT2D eigenvalue weighted by atomic mass is 79.9. The molecule has 0 unspecified atom stereocenters. The van der Waals surface area contributed by atoms with Gasteiger partial charge in [0.15, 0.2) is 0 Å². The highest BCUT2D eigenvalue weighted by molar-refractivity contribution is 9.10. The van der Waals surface area contributed by atoms with Crippen LogP contribution in [0.4, 0.5) is 5.69 Å². The minimum Gasteiger partial charge on any atom is -0.399 e. The average Bonchev–Trinajstić information content (AvgIpc) is 2.37. The lowest BCUT2D eigenvalue weighted by Gasteiger charge is -2.18. The normalized spacial score (nSPS) is 10.9. The van der Waals surface area contributed by atoms with Crippen LogP contribution < -0.4 is 5.73 Å². The van der Waals surface area contributed by atoms with Gasteiger partial charge in [-0.3, -0.25) is 4.90 Å². The lowest BCUT2D eigenvalue weighted by Crippen LogP contribution is -2.17. The van der Waals surface area contributed by atoms with Crippen LogP contribution in [-0.2, 0) is 13.1 Å². The zero-order chi connectivity index (χ0) is 13.8. The Kier molecular flexibility index (Phi) is 4.86. The standard InChI is InChI=1S/C15H16BrClN2/c1-19(9-11-4-2-3-5-15(11)17)10-12-8-13(18)6-7-14(12)16/h2-8H,9-10,18H2,1H3. The van der Waals surface area contributed by atoms with E-state index in [0.29, 0.717) is 0 Å². The number of nitrogens with zero attached hydrogens (tertiary/aromatic N) is 1. The molecule has 100 valence electrons. The first kappa shape index (κ1) is 14.4. The van der Waals surface area contributed by atoms with Crippen LogP contribution in [0, 0.1) is 0 Å². The summed E-state index contributed by atoms with van der Waals surface area (Å²) in [5.74, 6) is 0. The molecule has 0 saturated heterocycles. The van der Waals surface area contributed by atoms with Crippen LogP contribution in [0.1, 0.15) is 11.1 Å². The molecule has 0 aliphatic carbocycles. The Hall–Kier alpha value is -1.03. The highest BCUT2D eigenvalue weighted by Gasteiger charge is 2.07. The number of halogens is 2. The predicted octanol–water partition coefficient (Wildman–Crippen LogP) is 4.32. The van der Waals surface area contributed by atoms with Gasteiger partial charge in [-0.05, 0) is 42.4 Å². The van der Waals surface area contributed by atoms with Crippen LogP contribution in [0.5, 0.6) is 0 Å². The number of rotatable bonds is 4. The van der Waals surface area contributed by atoms with E-state index in [-0.39, 0.29) is 0 Å². The Balaban J connectivity index is 2.07. The molecule has 0 amide bonds. The number of nitrogen functional groups attached to an aromatic ring is 1. The SMILES string of the molecule is CN(Cc1ccccc1Cl)Cc1cc(N)ccc1Br. The van der Waals surface area contributed by atoms with Crippen molar-refractivity contribution < 1.29 is 0 Å². The van der Waals surface area contributed by atoms with Gasteiger partial charge in [0.2, 0.25) is 0 Å². The van der Waals surface area contributed by atoms with Gasteiger partial charge in [0, 0.05) is 28.3 Å². The van der Waals surface area contributed by atoms with E-state index in [0.717, 1.165) is 33.8 Å². The van der Waals surface area contributed by atoms with Crippen molar-refractivity contribution in [2.75, 3.05) is 12.8 Å². The van der Waals surface area contributed by atoms with E-state index >= 15 is 0 Å². The molecule has 4 heteroatoms. The van der Waals surface area contributed by atoms with Crippen molar-refractivity contribution in [2.24, 2.45) is 0 Å². The Morgan fingerprint density at radius 2 is 1.79 bits per heavy atom. The third-order valence-electron chi connectivity index (χ3n) is 2.91. The van der Waals surface area contributed by atoms with Crippen molar-refractivity contribution in [1.82, 2.24) is 4.90 Å². The molecule has 0 heterocycles. The zero-order valence-electron chi connectivity index (χ0n) is 10.7. The lowest BCUT2D eigenvalue weighted by molar-refractivity contribution is 0.318. The van der Waals surface area contributed by atoms with Gasteiger partial charge in [-0.2, -0.15) is 0 Å². The van der Waals surface area contributed by atoms with Gasteiger partial charge < -0.3 is 5.73 Å². The largest absolute Gasteiger partial charge is 0.399 e. The third kappa shape index (κ3) is 3.96. The van der Waals surface area contributed by atoms with Crippen molar-refractivity contribution in [3.63, 3.8) is 0 Å².